The van der Waals surface area contributed by atoms with Crippen molar-refractivity contribution in [2.45, 2.75) is 6.42 Å². The van der Waals surface area contributed by atoms with Crippen LogP contribution in [0.25, 0.3) is 0 Å². The van der Waals surface area contributed by atoms with Crippen molar-refractivity contribution in [3.05, 3.63) is 6.92 Å². The molecule has 1 aliphatic rings. The predicted octanol–water partition coefficient (Wildman–Crippen LogP) is 0.350. The summed E-state index contributed by atoms with van der Waals surface area (Å²) in [5, 5.41) is 8.69. The largest absolute Gasteiger partial charge is 0.481 e. The Kier molecular flexibility index (Phi) is 2.49. The van der Waals surface area contributed by atoms with Gasteiger partial charge in [0, 0.05) is 13.1 Å². The third-order valence-corrected chi connectivity index (χ3v) is 2.01. The maximum Gasteiger partial charge on any atom is 0.307 e. The van der Waals surface area contributed by atoms with Crippen molar-refractivity contribution < 1.29 is 9.90 Å². The summed E-state index contributed by atoms with van der Waals surface area (Å²) in [5.41, 5.74) is 0. The Morgan fingerprint density at radius 3 is 2.73 bits per heavy atom. The minimum Gasteiger partial charge on any atom is -0.481 e. The standard InChI is InChI=1S/C8H13NO2/c1-6-3-7(8(10)11)5-9(2)4-6/h1,6-7H,3-5H2,2H3,(H,10,11). The average Bonchev–Trinajstić information content (AvgIpc) is 1.85. The number of carboxylic acid groups (broad SMARTS) is 1. The molecule has 1 fully saturated rings. The smallest absolute Gasteiger partial charge is 0.307 e. The first-order valence-corrected chi connectivity index (χ1v) is 3.76. The molecule has 2 atom stereocenters. The van der Waals surface area contributed by atoms with Crippen molar-refractivity contribution in [2.24, 2.45) is 11.8 Å². The number of hydrogen-bond donors (Lipinski definition) is 1. The van der Waals surface area contributed by atoms with Crippen LogP contribution in [0.5, 0.6) is 0 Å². The van der Waals surface area contributed by atoms with Gasteiger partial charge in [0.15, 0.2) is 0 Å². The summed E-state index contributed by atoms with van der Waals surface area (Å²) in [5.74, 6) is -0.981. The van der Waals surface area contributed by atoms with Crippen LogP contribution >= 0.6 is 0 Å². The molecule has 1 heterocycles. The Morgan fingerprint density at radius 1 is 1.64 bits per heavy atom. The Labute approximate surface area is 67.0 Å². The molecule has 11 heavy (non-hydrogen) atoms. The van der Waals surface area contributed by atoms with Gasteiger partial charge < -0.3 is 10.0 Å². The second kappa shape index (κ2) is 3.22. The number of nitrogens with zero attached hydrogens (tertiary/aromatic N) is 1. The number of rotatable bonds is 1. The van der Waals surface area contributed by atoms with E-state index in [0.29, 0.717) is 13.0 Å². The van der Waals surface area contributed by atoms with Gasteiger partial charge in [-0.2, -0.15) is 0 Å². The van der Waals surface area contributed by atoms with E-state index in [2.05, 4.69) is 0 Å². The summed E-state index contributed by atoms with van der Waals surface area (Å²) in [4.78, 5) is 12.5. The summed E-state index contributed by atoms with van der Waals surface area (Å²) >= 11 is 0. The van der Waals surface area contributed by atoms with Gasteiger partial charge in [0.05, 0.1) is 5.92 Å². The summed E-state index contributed by atoms with van der Waals surface area (Å²) < 4.78 is 0. The van der Waals surface area contributed by atoms with Gasteiger partial charge in [-0.25, -0.2) is 0 Å². The lowest BCUT2D eigenvalue weighted by atomic mass is 9.91. The zero-order valence-electron chi connectivity index (χ0n) is 6.66. The average molecular weight is 155 g/mol. The van der Waals surface area contributed by atoms with Crippen LogP contribution in [0.2, 0.25) is 0 Å². The van der Waals surface area contributed by atoms with Gasteiger partial charge in [-0.15, -0.1) is 0 Å². The highest BCUT2D eigenvalue weighted by Crippen LogP contribution is 2.19. The van der Waals surface area contributed by atoms with Crippen molar-refractivity contribution in [1.29, 1.82) is 0 Å². The zero-order valence-corrected chi connectivity index (χ0v) is 6.66. The van der Waals surface area contributed by atoms with Crippen molar-refractivity contribution in [3.8, 4) is 0 Å². The van der Waals surface area contributed by atoms with Crippen molar-refractivity contribution in [3.63, 3.8) is 0 Å². The molecule has 62 valence electrons. The Bertz CT molecular complexity index is 148. The van der Waals surface area contributed by atoms with Crippen LogP contribution in [-0.4, -0.2) is 36.1 Å². The van der Waals surface area contributed by atoms with E-state index in [9.17, 15) is 4.79 Å². The molecule has 0 bridgehead atoms. The lowest BCUT2D eigenvalue weighted by Crippen LogP contribution is -2.40. The molecule has 0 saturated carbocycles. The second-order valence-electron chi connectivity index (χ2n) is 3.25. The Hall–Kier alpha value is -0.570. The number of carboxylic acids is 1. The molecule has 0 aromatic carbocycles. The molecule has 1 saturated heterocycles. The van der Waals surface area contributed by atoms with Crippen LogP contribution < -0.4 is 0 Å². The van der Waals surface area contributed by atoms with Crippen molar-refractivity contribution in [1.82, 2.24) is 4.90 Å². The van der Waals surface area contributed by atoms with Crippen LogP contribution in [0.1, 0.15) is 6.42 Å². The molecule has 3 nitrogen and oxygen atoms in total. The quantitative estimate of drug-likeness (QED) is 0.594. The van der Waals surface area contributed by atoms with Crippen LogP contribution in [0.15, 0.2) is 0 Å². The van der Waals surface area contributed by atoms with Crippen LogP contribution in [0, 0.1) is 18.8 Å². The van der Waals surface area contributed by atoms with Gasteiger partial charge >= 0.3 is 5.97 Å². The van der Waals surface area contributed by atoms with Crippen molar-refractivity contribution in [2.75, 3.05) is 20.1 Å². The summed E-state index contributed by atoms with van der Waals surface area (Å²) in [6, 6.07) is 0. The first-order chi connectivity index (χ1) is 5.09. The van der Waals surface area contributed by atoms with Crippen molar-refractivity contribution >= 4 is 5.97 Å². The van der Waals surface area contributed by atoms with E-state index in [0.717, 1.165) is 6.54 Å². The van der Waals surface area contributed by atoms with Gasteiger partial charge in [-0.1, -0.05) is 0 Å². The summed E-state index contributed by atoms with van der Waals surface area (Å²) in [7, 11) is 1.90. The van der Waals surface area contributed by atoms with Crippen LogP contribution in [0.4, 0.5) is 0 Å². The predicted molar refractivity (Wildman–Crippen MR) is 41.0 cm³/mol. The molecule has 0 spiro atoms. The van der Waals surface area contributed by atoms with E-state index >= 15 is 0 Å². The molecule has 1 N–H and O–H groups in total. The summed E-state index contributed by atoms with van der Waals surface area (Å²) in [6.07, 6.45) is 0.611. The molecule has 2 unspecified atom stereocenters. The molecule has 1 rings (SSSR count). The molecule has 3 heteroatoms. The molecular formula is C8H13NO2. The van der Waals surface area contributed by atoms with Gasteiger partial charge in [-0.05, 0) is 26.3 Å². The monoisotopic (exact) mass is 155 g/mol. The molecular weight excluding hydrogens is 142 g/mol. The second-order valence-corrected chi connectivity index (χ2v) is 3.25. The van der Waals surface area contributed by atoms with E-state index in [4.69, 9.17) is 12.0 Å². The topological polar surface area (TPSA) is 40.5 Å². The van der Waals surface area contributed by atoms with Gasteiger partial charge in [-0.3, -0.25) is 4.79 Å². The summed E-state index contributed by atoms with van der Waals surface area (Å²) in [6.45, 7) is 7.09. The third kappa shape index (κ3) is 2.19. The number of carbonyl (C=O) groups is 1. The first-order valence-electron chi connectivity index (χ1n) is 3.76. The van der Waals surface area contributed by atoms with E-state index in [1.54, 1.807) is 0 Å². The van der Waals surface area contributed by atoms with Gasteiger partial charge in [0.25, 0.3) is 0 Å². The van der Waals surface area contributed by atoms with E-state index in [1.165, 1.54) is 0 Å². The van der Waals surface area contributed by atoms with Gasteiger partial charge in [0.1, 0.15) is 0 Å². The van der Waals surface area contributed by atoms with E-state index in [1.807, 2.05) is 11.9 Å². The zero-order chi connectivity index (χ0) is 8.43. The number of piperidine rings is 1. The highest BCUT2D eigenvalue weighted by atomic mass is 16.4. The normalized spacial score (nSPS) is 33.6. The molecule has 0 aliphatic carbocycles. The SMILES string of the molecule is [CH]C1CC(C(=O)O)CN(C)C1. The molecule has 1 aliphatic heterocycles. The lowest BCUT2D eigenvalue weighted by Gasteiger charge is -2.31. The fourth-order valence-corrected chi connectivity index (χ4v) is 1.54. The maximum atomic E-state index is 10.6. The molecule has 2 radical (unpaired) electrons. The van der Waals surface area contributed by atoms with Crippen LogP contribution in [-0.2, 0) is 4.79 Å². The molecule has 0 aromatic heterocycles. The minimum atomic E-state index is -0.730. The fraction of sp³-hybridized carbons (Fsp3) is 0.750. The Morgan fingerprint density at radius 2 is 2.27 bits per heavy atom. The van der Waals surface area contributed by atoms with Crippen LogP contribution in [0.3, 0.4) is 0 Å². The van der Waals surface area contributed by atoms with E-state index < -0.39 is 5.97 Å². The fourth-order valence-electron chi connectivity index (χ4n) is 1.54. The maximum absolute atomic E-state index is 10.6. The van der Waals surface area contributed by atoms with E-state index in [-0.39, 0.29) is 11.8 Å². The third-order valence-electron chi connectivity index (χ3n) is 2.01. The Balaban J connectivity index is 2.49. The number of aliphatic carboxylic acids is 1. The number of hydrogen-bond acceptors (Lipinski definition) is 2. The molecule has 0 amide bonds. The lowest BCUT2D eigenvalue weighted by molar-refractivity contribution is -0.143. The minimum absolute atomic E-state index is 0.0230. The van der Waals surface area contributed by atoms with Gasteiger partial charge in [0.2, 0.25) is 0 Å². The molecule has 0 aromatic rings. The highest BCUT2D eigenvalue weighted by molar-refractivity contribution is 5.70. The first kappa shape index (κ1) is 8.53. The highest BCUT2D eigenvalue weighted by Gasteiger charge is 2.27. The number of likely N-dealkylation sites (tertiary alicyclic amines) is 1.